The Morgan fingerprint density at radius 3 is 2.28 bits per heavy atom. The number of nitrogens with one attached hydrogen (secondary N) is 1. The number of fused-ring (bicyclic) bond motifs is 1. The van der Waals surface area contributed by atoms with Gasteiger partial charge in [0.15, 0.2) is 11.5 Å². The number of rotatable bonds is 4. The van der Waals surface area contributed by atoms with Crippen molar-refractivity contribution in [1.29, 1.82) is 0 Å². The van der Waals surface area contributed by atoms with Crippen molar-refractivity contribution in [2.75, 3.05) is 18.5 Å². The van der Waals surface area contributed by atoms with E-state index in [2.05, 4.69) is 5.32 Å². The number of ether oxygens (including phenoxy) is 3. The number of anilines is 1. The first-order valence-electron chi connectivity index (χ1n) is 9.27. The molecule has 29 heavy (non-hydrogen) atoms. The summed E-state index contributed by atoms with van der Waals surface area (Å²) >= 11 is 0. The van der Waals surface area contributed by atoms with Crippen molar-refractivity contribution in [3.05, 3.63) is 83.9 Å². The quantitative estimate of drug-likeness (QED) is 0.531. The van der Waals surface area contributed by atoms with Crippen molar-refractivity contribution in [1.82, 2.24) is 0 Å². The molecule has 0 spiro atoms. The van der Waals surface area contributed by atoms with E-state index in [4.69, 9.17) is 14.2 Å². The molecule has 0 atom stereocenters. The predicted octanol–water partition coefficient (Wildman–Crippen LogP) is 4.32. The number of esters is 1. The highest BCUT2D eigenvalue weighted by atomic mass is 16.5. The zero-order valence-electron chi connectivity index (χ0n) is 15.6. The molecule has 1 heterocycles. The molecule has 1 amide bonds. The van der Waals surface area contributed by atoms with Gasteiger partial charge in [-0.2, -0.15) is 0 Å². The molecule has 1 N–H and O–H groups in total. The van der Waals surface area contributed by atoms with Crippen LogP contribution in [0.5, 0.6) is 17.2 Å². The van der Waals surface area contributed by atoms with Gasteiger partial charge in [0.2, 0.25) is 0 Å². The average Bonchev–Trinajstić information content (AvgIpc) is 3.00. The molecule has 146 valence electrons. The Hall–Kier alpha value is -3.80. The van der Waals surface area contributed by atoms with Gasteiger partial charge in [0.05, 0.1) is 18.8 Å². The van der Waals surface area contributed by atoms with Crippen LogP contribution >= 0.6 is 0 Å². The lowest BCUT2D eigenvalue weighted by atomic mass is 10.2. The topological polar surface area (TPSA) is 73.9 Å². The molecule has 0 aromatic heterocycles. The number of hydrogen-bond donors (Lipinski definition) is 1. The summed E-state index contributed by atoms with van der Waals surface area (Å²) in [6, 6.07) is 20.5. The van der Waals surface area contributed by atoms with Crippen molar-refractivity contribution >= 4 is 17.6 Å². The second-order valence-electron chi connectivity index (χ2n) is 6.45. The highest BCUT2D eigenvalue weighted by molar-refractivity contribution is 6.04. The summed E-state index contributed by atoms with van der Waals surface area (Å²) in [6.45, 7) is 1.13. The molecule has 0 aliphatic carbocycles. The molecule has 0 saturated heterocycles. The molecule has 1 aliphatic heterocycles. The van der Waals surface area contributed by atoms with Gasteiger partial charge in [0.1, 0.15) is 5.75 Å². The Morgan fingerprint density at radius 2 is 1.52 bits per heavy atom. The largest absolute Gasteiger partial charge is 0.490 e. The summed E-state index contributed by atoms with van der Waals surface area (Å²) < 4.78 is 16.6. The molecule has 0 radical (unpaired) electrons. The second-order valence-corrected chi connectivity index (χ2v) is 6.45. The van der Waals surface area contributed by atoms with Gasteiger partial charge in [-0.1, -0.05) is 18.2 Å². The third-order valence-electron chi connectivity index (χ3n) is 4.34. The Labute approximate surface area is 168 Å². The summed E-state index contributed by atoms with van der Waals surface area (Å²) in [5.74, 6) is 0.831. The van der Waals surface area contributed by atoms with Crippen LogP contribution in [0.3, 0.4) is 0 Å². The minimum Gasteiger partial charge on any atom is -0.490 e. The van der Waals surface area contributed by atoms with Gasteiger partial charge < -0.3 is 19.5 Å². The van der Waals surface area contributed by atoms with Gasteiger partial charge >= 0.3 is 5.97 Å². The van der Waals surface area contributed by atoms with E-state index in [0.29, 0.717) is 47.3 Å². The zero-order valence-corrected chi connectivity index (χ0v) is 15.6. The first kappa shape index (κ1) is 18.6. The van der Waals surface area contributed by atoms with Crippen LogP contribution in [0.4, 0.5) is 5.69 Å². The number of carbonyl (C=O) groups excluding carboxylic acids is 2. The Morgan fingerprint density at radius 1 is 0.793 bits per heavy atom. The summed E-state index contributed by atoms with van der Waals surface area (Å²) in [7, 11) is 0. The molecule has 6 nitrogen and oxygen atoms in total. The summed E-state index contributed by atoms with van der Waals surface area (Å²) in [6.07, 6.45) is 0.793. The first-order chi connectivity index (χ1) is 14.2. The van der Waals surface area contributed by atoms with E-state index in [1.165, 1.54) is 0 Å². The van der Waals surface area contributed by atoms with Crippen LogP contribution in [0, 0.1) is 0 Å². The van der Waals surface area contributed by atoms with Gasteiger partial charge in [-0.15, -0.1) is 0 Å². The maximum atomic E-state index is 12.4. The number of hydrogen-bond acceptors (Lipinski definition) is 5. The summed E-state index contributed by atoms with van der Waals surface area (Å²) in [5.41, 5.74) is 1.54. The van der Waals surface area contributed by atoms with Crippen molar-refractivity contribution in [3.63, 3.8) is 0 Å². The second kappa shape index (κ2) is 8.48. The normalized spacial score (nSPS) is 12.6. The van der Waals surface area contributed by atoms with Gasteiger partial charge in [-0.3, -0.25) is 4.79 Å². The van der Waals surface area contributed by atoms with Crippen LogP contribution in [-0.2, 0) is 0 Å². The Balaban J connectivity index is 1.40. The fraction of sp³-hybridized carbons (Fsp3) is 0.130. The standard InChI is InChI=1S/C23H19NO5/c25-22(16-5-2-1-3-6-16)24-18-8-10-19(11-9-18)29-23(26)17-7-12-20-21(15-17)28-14-4-13-27-20/h1-3,5-12,15H,4,13-14H2,(H,24,25). The number of benzene rings is 3. The lowest BCUT2D eigenvalue weighted by Gasteiger charge is -2.10. The summed E-state index contributed by atoms with van der Waals surface area (Å²) in [5, 5.41) is 2.80. The van der Waals surface area contributed by atoms with Crippen molar-refractivity contribution in [2.45, 2.75) is 6.42 Å². The minimum absolute atomic E-state index is 0.206. The molecule has 0 saturated carbocycles. The lowest BCUT2D eigenvalue weighted by molar-refractivity contribution is 0.0734. The Bertz CT molecular complexity index is 1020. The van der Waals surface area contributed by atoms with E-state index in [0.717, 1.165) is 6.42 Å². The molecular formula is C23H19NO5. The lowest BCUT2D eigenvalue weighted by Crippen LogP contribution is -2.12. The fourth-order valence-electron chi connectivity index (χ4n) is 2.86. The van der Waals surface area contributed by atoms with Gasteiger partial charge in [-0.05, 0) is 54.6 Å². The molecule has 4 rings (SSSR count). The molecule has 0 unspecified atom stereocenters. The van der Waals surface area contributed by atoms with Crippen LogP contribution in [-0.4, -0.2) is 25.1 Å². The number of amides is 1. The van der Waals surface area contributed by atoms with Crippen LogP contribution in [0.15, 0.2) is 72.8 Å². The molecule has 3 aromatic carbocycles. The molecule has 3 aromatic rings. The average molecular weight is 389 g/mol. The van der Waals surface area contributed by atoms with E-state index in [1.54, 1.807) is 66.7 Å². The maximum Gasteiger partial charge on any atom is 0.343 e. The molecule has 0 bridgehead atoms. The highest BCUT2D eigenvalue weighted by Gasteiger charge is 2.15. The predicted molar refractivity (Wildman–Crippen MR) is 108 cm³/mol. The summed E-state index contributed by atoms with van der Waals surface area (Å²) in [4.78, 5) is 24.6. The number of carbonyl (C=O) groups is 2. The monoisotopic (exact) mass is 389 g/mol. The van der Waals surface area contributed by atoms with Crippen molar-refractivity contribution < 1.29 is 23.8 Å². The van der Waals surface area contributed by atoms with Gasteiger partial charge in [0, 0.05) is 17.7 Å². The van der Waals surface area contributed by atoms with E-state index in [1.807, 2.05) is 6.07 Å². The maximum absolute atomic E-state index is 12.4. The van der Waals surface area contributed by atoms with E-state index < -0.39 is 5.97 Å². The van der Waals surface area contributed by atoms with E-state index in [-0.39, 0.29) is 5.91 Å². The zero-order chi connectivity index (χ0) is 20.1. The fourth-order valence-corrected chi connectivity index (χ4v) is 2.86. The van der Waals surface area contributed by atoms with Crippen LogP contribution in [0.1, 0.15) is 27.1 Å². The Kier molecular flexibility index (Phi) is 5.42. The van der Waals surface area contributed by atoms with E-state index >= 15 is 0 Å². The third kappa shape index (κ3) is 4.55. The minimum atomic E-state index is -0.498. The van der Waals surface area contributed by atoms with Gasteiger partial charge in [-0.25, -0.2) is 4.79 Å². The third-order valence-corrected chi connectivity index (χ3v) is 4.34. The van der Waals surface area contributed by atoms with Crippen LogP contribution in [0.2, 0.25) is 0 Å². The van der Waals surface area contributed by atoms with E-state index in [9.17, 15) is 9.59 Å². The SMILES string of the molecule is O=C(Nc1ccc(OC(=O)c2ccc3c(c2)OCCCO3)cc1)c1ccccc1. The highest BCUT2D eigenvalue weighted by Crippen LogP contribution is 2.31. The van der Waals surface area contributed by atoms with Crippen molar-refractivity contribution in [2.24, 2.45) is 0 Å². The molecule has 6 heteroatoms. The van der Waals surface area contributed by atoms with Crippen LogP contribution < -0.4 is 19.5 Å². The first-order valence-corrected chi connectivity index (χ1v) is 9.27. The molecular weight excluding hydrogens is 370 g/mol. The van der Waals surface area contributed by atoms with Gasteiger partial charge in [0.25, 0.3) is 5.91 Å². The van der Waals surface area contributed by atoms with Crippen LogP contribution in [0.25, 0.3) is 0 Å². The molecule has 1 aliphatic rings. The molecule has 0 fully saturated rings. The van der Waals surface area contributed by atoms with Crippen molar-refractivity contribution in [3.8, 4) is 17.2 Å². The smallest absolute Gasteiger partial charge is 0.343 e.